The third-order valence-electron chi connectivity index (χ3n) is 5.53. The first kappa shape index (κ1) is 20.9. The quantitative estimate of drug-likeness (QED) is 0.391. The Balaban J connectivity index is 1.71. The van der Waals surface area contributed by atoms with Crippen LogP contribution in [-0.4, -0.2) is 36.6 Å². The minimum absolute atomic E-state index is 0.249. The summed E-state index contributed by atoms with van der Waals surface area (Å²) in [5, 5.41) is 5.94. The lowest BCUT2D eigenvalue weighted by Crippen LogP contribution is -2.40. The number of fused-ring (bicyclic) bond motifs is 2. The number of hydrogen-bond acceptors (Lipinski definition) is 7. The van der Waals surface area contributed by atoms with Crippen molar-refractivity contribution in [3.05, 3.63) is 82.4 Å². The first-order chi connectivity index (χ1) is 16.1. The van der Waals surface area contributed by atoms with Crippen molar-refractivity contribution in [2.24, 2.45) is 0 Å². The molecule has 0 aliphatic heterocycles. The number of aromatic nitrogens is 6. The predicted octanol–water partition coefficient (Wildman–Crippen LogP) is 4.18. The van der Waals surface area contributed by atoms with Crippen molar-refractivity contribution >= 4 is 45.2 Å². The summed E-state index contributed by atoms with van der Waals surface area (Å²) < 4.78 is 1.57. The fraction of sp³-hybridized carbons (Fsp3) is 0.174. The van der Waals surface area contributed by atoms with Gasteiger partial charge in [0.2, 0.25) is 0 Å². The fourth-order valence-corrected chi connectivity index (χ4v) is 4.11. The Labute approximate surface area is 194 Å². The monoisotopic (exact) mass is 460 g/mol. The maximum absolute atomic E-state index is 13.8. The number of imidazole rings is 1. The highest BCUT2D eigenvalue weighted by molar-refractivity contribution is 6.35. The molecule has 2 N–H and O–H groups in total. The van der Waals surface area contributed by atoms with Gasteiger partial charge in [-0.05, 0) is 30.7 Å². The summed E-state index contributed by atoms with van der Waals surface area (Å²) in [5.74, 6) is 1.12. The van der Waals surface area contributed by atoms with Crippen molar-refractivity contribution in [2.75, 3.05) is 17.4 Å². The van der Waals surface area contributed by atoms with Crippen LogP contribution in [0.15, 0.2) is 66.0 Å². The van der Waals surface area contributed by atoms with E-state index in [4.69, 9.17) is 16.6 Å². The molecule has 0 radical (unpaired) electrons. The molecule has 0 aliphatic rings. The number of para-hydroxylation sites is 1. The third-order valence-corrected chi connectivity index (χ3v) is 5.85. The van der Waals surface area contributed by atoms with Crippen LogP contribution in [0.4, 0.5) is 11.5 Å². The van der Waals surface area contributed by atoms with E-state index >= 15 is 0 Å². The average Bonchev–Trinajstić information content (AvgIpc) is 3.32. The van der Waals surface area contributed by atoms with E-state index in [1.165, 1.54) is 6.33 Å². The molecule has 0 spiro atoms. The van der Waals surface area contributed by atoms with Crippen LogP contribution in [0.25, 0.3) is 22.1 Å². The van der Waals surface area contributed by atoms with E-state index in [1.807, 2.05) is 44.3 Å². The van der Waals surface area contributed by atoms with Crippen molar-refractivity contribution in [1.82, 2.24) is 29.6 Å². The van der Waals surface area contributed by atoms with Crippen molar-refractivity contribution in [3.8, 4) is 0 Å². The minimum atomic E-state index is -0.339. The number of aromatic amines is 1. The first-order valence-electron chi connectivity index (χ1n) is 10.5. The molecule has 0 saturated heterocycles. The second-order valence-electron chi connectivity index (χ2n) is 7.51. The van der Waals surface area contributed by atoms with E-state index in [0.717, 1.165) is 5.69 Å². The van der Waals surface area contributed by atoms with E-state index in [-0.39, 0.29) is 11.6 Å². The van der Waals surface area contributed by atoms with Crippen LogP contribution in [0.1, 0.15) is 25.2 Å². The van der Waals surface area contributed by atoms with Gasteiger partial charge in [0.15, 0.2) is 17.3 Å². The molecule has 33 heavy (non-hydrogen) atoms. The topological polar surface area (TPSA) is 105 Å². The van der Waals surface area contributed by atoms with Crippen LogP contribution >= 0.6 is 11.6 Å². The van der Waals surface area contributed by atoms with Crippen molar-refractivity contribution in [2.45, 2.75) is 19.4 Å². The molecular weight excluding hydrogens is 440 g/mol. The second-order valence-corrected chi connectivity index (χ2v) is 7.92. The number of benzene rings is 2. The molecule has 9 nitrogen and oxygen atoms in total. The standard InChI is InChI=1S/C23H21ClN8O/c1-3-16(29-21-19-20(26-12-25-19)27-13-28-21)22-30-17-11-7-10-15(24)18(17)23(33)32(22)31(2)14-8-5-4-6-9-14/h4-13,16H,3H2,1-2H3,(H2,25,26,27,28,29). The summed E-state index contributed by atoms with van der Waals surface area (Å²) in [6, 6.07) is 14.6. The Morgan fingerprint density at radius 2 is 1.94 bits per heavy atom. The third kappa shape index (κ3) is 3.66. The zero-order chi connectivity index (χ0) is 22.9. The van der Waals surface area contributed by atoms with Crippen LogP contribution in [0.3, 0.4) is 0 Å². The van der Waals surface area contributed by atoms with Gasteiger partial charge in [0, 0.05) is 7.05 Å². The molecule has 0 saturated carbocycles. The van der Waals surface area contributed by atoms with E-state index in [2.05, 4.69) is 25.3 Å². The van der Waals surface area contributed by atoms with Crippen LogP contribution in [0, 0.1) is 0 Å². The first-order valence-corrected chi connectivity index (χ1v) is 10.9. The van der Waals surface area contributed by atoms with Crippen LogP contribution in [0.2, 0.25) is 5.02 Å². The molecule has 0 fully saturated rings. The van der Waals surface area contributed by atoms with E-state index < -0.39 is 0 Å². The zero-order valence-electron chi connectivity index (χ0n) is 18.0. The Bertz CT molecular complexity index is 1500. The Morgan fingerprint density at radius 1 is 1.12 bits per heavy atom. The van der Waals surface area contributed by atoms with Crippen LogP contribution < -0.4 is 15.9 Å². The van der Waals surface area contributed by atoms with Gasteiger partial charge in [-0.15, -0.1) is 0 Å². The van der Waals surface area contributed by atoms with Crippen molar-refractivity contribution < 1.29 is 0 Å². The molecule has 1 unspecified atom stereocenters. The molecule has 0 amide bonds. The van der Waals surface area contributed by atoms with Crippen molar-refractivity contribution in [1.29, 1.82) is 0 Å². The normalized spacial score (nSPS) is 12.2. The van der Waals surface area contributed by atoms with Gasteiger partial charge >= 0.3 is 0 Å². The number of halogens is 1. The van der Waals surface area contributed by atoms with Gasteiger partial charge in [0.25, 0.3) is 5.56 Å². The fourth-order valence-electron chi connectivity index (χ4n) is 3.86. The number of anilines is 2. The lowest BCUT2D eigenvalue weighted by atomic mass is 10.1. The molecule has 166 valence electrons. The lowest BCUT2D eigenvalue weighted by molar-refractivity contribution is 0.595. The molecule has 0 bridgehead atoms. The number of nitrogens with one attached hydrogen (secondary N) is 2. The Morgan fingerprint density at radius 3 is 2.73 bits per heavy atom. The van der Waals surface area contributed by atoms with Crippen LogP contribution in [-0.2, 0) is 0 Å². The molecule has 5 aromatic rings. The highest BCUT2D eigenvalue weighted by Crippen LogP contribution is 2.27. The lowest BCUT2D eigenvalue weighted by Gasteiger charge is -2.28. The van der Waals surface area contributed by atoms with Crippen molar-refractivity contribution in [3.63, 3.8) is 0 Å². The Hall–Kier alpha value is -3.98. The molecule has 0 aliphatic carbocycles. The number of H-pyrrole nitrogens is 1. The molecule has 2 aromatic carbocycles. The highest BCUT2D eigenvalue weighted by atomic mass is 35.5. The van der Waals surface area contributed by atoms with Gasteiger partial charge in [0.05, 0.1) is 34.0 Å². The molecular formula is C23H21ClN8O. The van der Waals surface area contributed by atoms with Gasteiger partial charge in [0.1, 0.15) is 11.8 Å². The minimum Gasteiger partial charge on any atom is -0.358 e. The van der Waals surface area contributed by atoms with Gasteiger partial charge in [-0.3, -0.25) is 9.80 Å². The number of rotatable bonds is 6. The van der Waals surface area contributed by atoms with E-state index in [9.17, 15) is 4.79 Å². The Kier molecular flexibility index (Phi) is 5.39. The molecule has 10 heteroatoms. The average molecular weight is 461 g/mol. The summed E-state index contributed by atoms with van der Waals surface area (Å²) >= 11 is 6.42. The smallest absolute Gasteiger partial charge is 0.282 e. The molecule has 1 atom stereocenters. The molecule has 5 rings (SSSR count). The van der Waals surface area contributed by atoms with Gasteiger partial charge in [-0.1, -0.05) is 42.8 Å². The summed E-state index contributed by atoms with van der Waals surface area (Å²) in [6.45, 7) is 2.02. The summed E-state index contributed by atoms with van der Waals surface area (Å²) in [6.07, 6.45) is 3.66. The highest BCUT2D eigenvalue weighted by Gasteiger charge is 2.24. The number of hydrogen-bond donors (Lipinski definition) is 2. The van der Waals surface area contributed by atoms with E-state index in [0.29, 0.717) is 45.2 Å². The number of nitrogens with zero attached hydrogens (tertiary/aromatic N) is 6. The summed E-state index contributed by atoms with van der Waals surface area (Å²) in [5.41, 5.74) is 2.36. The second kappa shape index (κ2) is 8.51. The zero-order valence-corrected chi connectivity index (χ0v) is 18.8. The van der Waals surface area contributed by atoms with Gasteiger partial charge < -0.3 is 10.3 Å². The summed E-state index contributed by atoms with van der Waals surface area (Å²) in [4.78, 5) is 34.5. The predicted molar refractivity (Wildman–Crippen MR) is 130 cm³/mol. The van der Waals surface area contributed by atoms with Gasteiger partial charge in [-0.25, -0.2) is 24.6 Å². The van der Waals surface area contributed by atoms with E-state index in [1.54, 1.807) is 34.2 Å². The molecule has 3 heterocycles. The maximum Gasteiger partial charge on any atom is 0.282 e. The van der Waals surface area contributed by atoms with Gasteiger partial charge in [-0.2, -0.15) is 0 Å². The maximum atomic E-state index is 13.8. The molecule has 3 aromatic heterocycles. The van der Waals surface area contributed by atoms with Crippen LogP contribution in [0.5, 0.6) is 0 Å². The largest absolute Gasteiger partial charge is 0.358 e. The summed E-state index contributed by atoms with van der Waals surface area (Å²) in [7, 11) is 1.83. The SMILES string of the molecule is CCC(Nc1ncnc2nc[nH]c12)c1nc2cccc(Cl)c2c(=O)n1N(C)c1ccccc1.